The van der Waals surface area contributed by atoms with Crippen LogP contribution in [0.15, 0.2) is 48.5 Å². The number of rotatable bonds is 5. The van der Waals surface area contributed by atoms with E-state index in [4.69, 9.17) is 0 Å². The minimum Gasteiger partial charge on any atom is -0.343 e. The molecule has 0 saturated carbocycles. The van der Waals surface area contributed by atoms with Gasteiger partial charge in [0.1, 0.15) is 0 Å². The van der Waals surface area contributed by atoms with Crippen molar-refractivity contribution >= 4 is 5.91 Å². The van der Waals surface area contributed by atoms with E-state index in [9.17, 15) is 18.0 Å². The van der Waals surface area contributed by atoms with Crippen LogP contribution in [0.25, 0.3) is 0 Å². The molecular formula is C21H25F3N2O. The van der Waals surface area contributed by atoms with Crippen molar-refractivity contribution < 1.29 is 18.0 Å². The first-order chi connectivity index (χ1) is 12.5. The molecule has 1 N–H and O–H groups in total. The maximum atomic E-state index is 13.2. The first-order valence-corrected chi connectivity index (χ1v) is 8.66. The number of carbonyl (C=O) groups excluding carboxylic acids is 1. The maximum absolute atomic E-state index is 13.2. The van der Waals surface area contributed by atoms with Gasteiger partial charge >= 0.3 is 6.18 Å². The van der Waals surface area contributed by atoms with Crippen LogP contribution in [-0.2, 0) is 6.18 Å². The van der Waals surface area contributed by atoms with E-state index >= 15 is 0 Å². The molecule has 0 aromatic heterocycles. The van der Waals surface area contributed by atoms with Gasteiger partial charge in [-0.3, -0.25) is 4.79 Å². The highest BCUT2D eigenvalue weighted by Gasteiger charge is 2.36. The second-order valence-electron chi connectivity index (χ2n) is 7.34. The number of likely N-dealkylation sites (N-methyl/N-ethyl adjacent to an activating group) is 1. The largest absolute Gasteiger partial charge is 0.416 e. The molecular weight excluding hydrogens is 353 g/mol. The van der Waals surface area contributed by atoms with Crippen molar-refractivity contribution in [1.82, 2.24) is 10.2 Å². The minimum absolute atomic E-state index is 0.0281. The molecule has 0 fully saturated rings. The van der Waals surface area contributed by atoms with Crippen LogP contribution in [0.5, 0.6) is 0 Å². The summed E-state index contributed by atoms with van der Waals surface area (Å²) in [5.74, 6) is -0.526. The molecule has 1 atom stereocenters. The van der Waals surface area contributed by atoms with Crippen molar-refractivity contribution in [2.24, 2.45) is 0 Å². The number of amides is 1. The third-order valence-corrected chi connectivity index (χ3v) is 5.15. The first-order valence-electron chi connectivity index (χ1n) is 8.66. The standard InChI is InChI=1S/C21H25F3N2O/c1-14-16(12-9-13-17(14)21(22,23)24)19(27)25-18(20(2,3)26(4)5)15-10-7-6-8-11-15/h6-13,18H,1-5H3,(H,25,27). The molecule has 3 nitrogen and oxygen atoms in total. The quantitative estimate of drug-likeness (QED) is 0.809. The second-order valence-corrected chi connectivity index (χ2v) is 7.34. The highest BCUT2D eigenvalue weighted by Crippen LogP contribution is 2.34. The Balaban J connectivity index is 2.44. The summed E-state index contributed by atoms with van der Waals surface area (Å²) in [6.07, 6.45) is -4.50. The maximum Gasteiger partial charge on any atom is 0.416 e. The summed E-state index contributed by atoms with van der Waals surface area (Å²) in [5, 5.41) is 2.94. The van der Waals surface area contributed by atoms with Crippen LogP contribution in [0.1, 0.15) is 46.9 Å². The number of hydrogen-bond donors (Lipinski definition) is 1. The van der Waals surface area contributed by atoms with Crippen LogP contribution in [0.4, 0.5) is 13.2 Å². The Labute approximate surface area is 158 Å². The van der Waals surface area contributed by atoms with Crippen LogP contribution < -0.4 is 5.32 Å². The molecule has 0 spiro atoms. The fraction of sp³-hybridized carbons (Fsp3) is 0.381. The van der Waals surface area contributed by atoms with E-state index in [0.717, 1.165) is 11.6 Å². The summed E-state index contributed by atoms with van der Waals surface area (Å²) in [6.45, 7) is 5.28. The molecule has 146 valence electrons. The average Bonchev–Trinajstić information content (AvgIpc) is 2.59. The lowest BCUT2D eigenvalue weighted by molar-refractivity contribution is -0.138. The lowest BCUT2D eigenvalue weighted by atomic mass is 9.87. The van der Waals surface area contributed by atoms with Gasteiger partial charge in [-0.1, -0.05) is 36.4 Å². The average molecular weight is 378 g/mol. The Kier molecular flexibility index (Phi) is 6.00. The van der Waals surface area contributed by atoms with E-state index in [2.05, 4.69) is 5.32 Å². The normalized spacial score (nSPS) is 13.5. The Bertz CT molecular complexity index is 799. The molecule has 2 rings (SSSR count). The van der Waals surface area contributed by atoms with E-state index in [1.165, 1.54) is 19.1 Å². The number of carbonyl (C=O) groups is 1. The van der Waals surface area contributed by atoms with Crippen molar-refractivity contribution in [2.75, 3.05) is 14.1 Å². The summed E-state index contributed by atoms with van der Waals surface area (Å²) in [7, 11) is 3.80. The van der Waals surface area contributed by atoms with Gasteiger partial charge in [-0.15, -0.1) is 0 Å². The van der Waals surface area contributed by atoms with Crippen molar-refractivity contribution in [3.8, 4) is 0 Å². The molecule has 2 aromatic carbocycles. The summed E-state index contributed by atoms with van der Waals surface area (Å²) >= 11 is 0. The number of halogens is 3. The molecule has 6 heteroatoms. The predicted molar refractivity (Wildman–Crippen MR) is 101 cm³/mol. The minimum atomic E-state index is -4.50. The smallest absolute Gasteiger partial charge is 0.343 e. The third kappa shape index (κ3) is 4.50. The fourth-order valence-electron chi connectivity index (χ4n) is 2.97. The van der Waals surface area contributed by atoms with Gasteiger partial charge in [-0.2, -0.15) is 13.2 Å². The van der Waals surface area contributed by atoms with Gasteiger partial charge in [0.05, 0.1) is 11.6 Å². The van der Waals surface area contributed by atoms with Crippen LogP contribution in [0, 0.1) is 6.92 Å². The lowest BCUT2D eigenvalue weighted by Gasteiger charge is -2.41. The molecule has 27 heavy (non-hydrogen) atoms. The molecule has 0 heterocycles. The molecule has 0 aliphatic heterocycles. The summed E-state index contributed by atoms with van der Waals surface area (Å²) in [6, 6.07) is 12.7. The summed E-state index contributed by atoms with van der Waals surface area (Å²) in [4.78, 5) is 14.9. The number of nitrogens with one attached hydrogen (secondary N) is 1. The van der Waals surface area contributed by atoms with Gasteiger partial charge in [0.2, 0.25) is 0 Å². The Hall–Kier alpha value is -2.34. The van der Waals surface area contributed by atoms with Gasteiger partial charge in [0, 0.05) is 11.1 Å². The van der Waals surface area contributed by atoms with Gasteiger partial charge in [0.15, 0.2) is 0 Å². The monoisotopic (exact) mass is 378 g/mol. The Morgan fingerprint density at radius 3 is 2.11 bits per heavy atom. The summed E-state index contributed by atoms with van der Waals surface area (Å²) in [5.41, 5.74) is -0.420. The van der Waals surface area contributed by atoms with E-state index in [0.29, 0.717) is 0 Å². The third-order valence-electron chi connectivity index (χ3n) is 5.15. The molecule has 0 radical (unpaired) electrons. The van der Waals surface area contributed by atoms with E-state index < -0.39 is 29.2 Å². The van der Waals surface area contributed by atoms with Crippen molar-refractivity contribution in [3.05, 3.63) is 70.8 Å². The molecule has 2 aromatic rings. The van der Waals surface area contributed by atoms with Crippen molar-refractivity contribution in [3.63, 3.8) is 0 Å². The van der Waals surface area contributed by atoms with Gasteiger partial charge in [-0.25, -0.2) is 0 Å². The van der Waals surface area contributed by atoms with E-state index in [-0.39, 0.29) is 11.1 Å². The SMILES string of the molecule is Cc1c(C(=O)NC(c2ccccc2)C(C)(C)N(C)C)cccc1C(F)(F)F. The Morgan fingerprint density at radius 2 is 1.59 bits per heavy atom. The van der Waals surface area contributed by atoms with Gasteiger partial charge in [0.25, 0.3) is 5.91 Å². The van der Waals surface area contributed by atoms with Crippen LogP contribution in [0.2, 0.25) is 0 Å². The second kappa shape index (κ2) is 7.72. The summed E-state index contributed by atoms with van der Waals surface area (Å²) < 4.78 is 39.5. The van der Waals surface area contributed by atoms with Gasteiger partial charge < -0.3 is 10.2 Å². The molecule has 0 bridgehead atoms. The number of benzene rings is 2. The molecule has 1 amide bonds. The predicted octanol–water partition coefficient (Wildman–Crippen LogP) is 4.83. The lowest BCUT2D eigenvalue weighted by Crippen LogP contribution is -2.50. The molecule has 0 aliphatic rings. The van der Waals surface area contributed by atoms with Crippen LogP contribution >= 0.6 is 0 Å². The van der Waals surface area contributed by atoms with Gasteiger partial charge in [-0.05, 0) is 58.1 Å². The molecule has 0 saturated heterocycles. The van der Waals surface area contributed by atoms with Crippen molar-refractivity contribution in [2.45, 2.75) is 38.5 Å². The van der Waals surface area contributed by atoms with Crippen LogP contribution in [-0.4, -0.2) is 30.4 Å². The zero-order chi connectivity index (χ0) is 20.4. The number of hydrogen-bond acceptors (Lipinski definition) is 2. The Morgan fingerprint density at radius 1 is 1.00 bits per heavy atom. The highest BCUT2D eigenvalue weighted by atomic mass is 19.4. The van der Waals surface area contributed by atoms with Crippen molar-refractivity contribution in [1.29, 1.82) is 0 Å². The van der Waals surface area contributed by atoms with E-state index in [1.54, 1.807) is 0 Å². The van der Waals surface area contributed by atoms with E-state index in [1.807, 2.05) is 63.2 Å². The number of alkyl halides is 3. The first kappa shape index (κ1) is 21.0. The zero-order valence-electron chi connectivity index (χ0n) is 16.2. The topological polar surface area (TPSA) is 32.3 Å². The fourth-order valence-corrected chi connectivity index (χ4v) is 2.97. The van der Waals surface area contributed by atoms with Crippen LogP contribution in [0.3, 0.4) is 0 Å². The number of nitrogens with zero attached hydrogens (tertiary/aromatic N) is 1. The highest BCUT2D eigenvalue weighted by molar-refractivity contribution is 5.96. The molecule has 0 aliphatic carbocycles. The zero-order valence-corrected chi connectivity index (χ0v) is 16.2. The molecule has 1 unspecified atom stereocenters.